The molecule has 1 unspecified atom stereocenters. The molecule has 1 atom stereocenters. The van der Waals surface area contributed by atoms with Crippen LogP contribution < -0.4 is 0 Å². The Kier molecular flexibility index (Phi) is 2.69. The van der Waals surface area contributed by atoms with Gasteiger partial charge < -0.3 is 10.1 Å². The zero-order valence-corrected chi connectivity index (χ0v) is 11.1. The van der Waals surface area contributed by atoms with E-state index in [-0.39, 0.29) is 0 Å². The molecule has 3 aromatic rings. The number of rotatable bonds is 2. The van der Waals surface area contributed by atoms with Crippen LogP contribution in [0, 0.1) is 6.92 Å². The van der Waals surface area contributed by atoms with Crippen molar-refractivity contribution in [2.45, 2.75) is 20.0 Å². The van der Waals surface area contributed by atoms with Crippen molar-refractivity contribution in [2.75, 3.05) is 0 Å². The molecule has 0 aliphatic heterocycles. The molecule has 18 heavy (non-hydrogen) atoms. The van der Waals surface area contributed by atoms with Crippen LogP contribution in [0.5, 0.6) is 0 Å². The fraction of sp³-hybridized carbons (Fsp3) is 0.214. The Hall–Kier alpha value is -1.65. The Labute approximate surface area is 109 Å². The minimum Gasteiger partial charge on any atom is -0.385 e. The SMILES string of the molecule is Cc1ccsc1-c1ccc2nc(C(C)O)[nH]c2c1. The summed E-state index contributed by atoms with van der Waals surface area (Å²) in [7, 11) is 0. The number of hydrogen-bond acceptors (Lipinski definition) is 3. The van der Waals surface area contributed by atoms with Gasteiger partial charge >= 0.3 is 0 Å². The lowest BCUT2D eigenvalue weighted by molar-refractivity contribution is 0.190. The molecule has 2 heterocycles. The van der Waals surface area contributed by atoms with Crippen LogP contribution in [0.25, 0.3) is 21.5 Å². The lowest BCUT2D eigenvalue weighted by Crippen LogP contribution is -1.92. The third-order valence-electron chi connectivity index (χ3n) is 3.02. The van der Waals surface area contributed by atoms with Crippen molar-refractivity contribution in [1.82, 2.24) is 9.97 Å². The zero-order chi connectivity index (χ0) is 12.7. The Morgan fingerprint density at radius 1 is 1.33 bits per heavy atom. The van der Waals surface area contributed by atoms with E-state index in [1.54, 1.807) is 18.3 Å². The number of aliphatic hydroxyl groups is 1. The van der Waals surface area contributed by atoms with Gasteiger partial charge in [-0.1, -0.05) is 6.07 Å². The molecule has 4 heteroatoms. The predicted octanol–water partition coefficient (Wildman–Crippen LogP) is 3.65. The van der Waals surface area contributed by atoms with Crippen molar-refractivity contribution in [1.29, 1.82) is 0 Å². The Balaban J connectivity index is 2.14. The smallest absolute Gasteiger partial charge is 0.135 e. The predicted molar refractivity (Wildman–Crippen MR) is 74.8 cm³/mol. The summed E-state index contributed by atoms with van der Waals surface area (Å²) in [5.74, 6) is 0.616. The fourth-order valence-electron chi connectivity index (χ4n) is 2.04. The molecular formula is C14H14N2OS. The molecule has 0 aliphatic carbocycles. The molecule has 3 nitrogen and oxygen atoms in total. The first-order chi connectivity index (χ1) is 8.65. The number of aryl methyl sites for hydroxylation is 1. The van der Waals surface area contributed by atoms with E-state index in [9.17, 15) is 5.11 Å². The Bertz CT molecular complexity index is 697. The fourth-order valence-corrected chi connectivity index (χ4v) is 2.96. The molecule has 0 amide bonds. The van der Waals surface area contributed by atoms with Gasteiger partial charge in [-0.25, -0.2) is 4.98 Å². The van der Waals surface area contributed by atoms with E-state index in [1.165, 1.54) is 16.0 Å². The van der Waals surface area contributed by atoms with Crippen LogP contribution in [0.3, 0.4) is 0 Å². The number of nitrogens with one attached hydrogen (secondary N) is 1. The van der Waals surface area contributed by atoms with E-state index in [2.05, 4.69) is 40.5 Å². The van der Waals surface area contributed by atoms with E-state index in [0.717, 1.165) is 11.0 Å². The summed E-state index contributed by atoms with van der Waals surface area (Å²) >= 11 is 1.74. The quantitative estimate of drug-likeness (QED) is 0.737. The minimum atomic E-state index is -0.565. The lowest BCUT2D eigenvalue weighted by Gasteiger charge is -1.99. The maximum Gasteiger partial charge on any atom is 0.135 e. The van der Waals surface area contributed by atoms with Gasteiger partial charge in [0.15, 0.2) is 0 Å². The van der Waals surface area contributed by atoms with E-state index in [0.29, 0.717) is 5.82 Å². The summed E-state index contributed by atoms with van der Waals surface area (Å²) in [6.45, 7) is 3.83. The molecule has 3 rings (SSSR count). The summed E-state index contributed by atoms with van der Waals surface area (Å²) in [6, 6.07) is 8.28. The van der Waals surface area contributed by atoms with Gasteiger partial charge in [-0.15, -0.1) is 11.3 Å². The molecule has 2 aromatic heterocycles. The summed E-state index contributed by atoms with van der Waals surface area (Å²) in [4.78, 5) is 8.80. The monoisotopic (exact) mass is 258 g/mol. The largest absolute Gasteiger partial charge is 0.385 e. The molecule has 0 fully saturated rings. The van der Waals surface area contributed by atoms with Gasteiger partial charge in [0.2, 0.25) is 0 Å². The number of nitrogens with zero attached hydrogens (tertiary/aromatic N) is 1. The number of imidazole rings is 1. The lowest BCUT2D eigenvalue weighted by atomic mass is 10.1. The molecule has 0 spiro atoms. The molecule has 1 aromatic carbocycles. The van der Waals surface area contributed by atoms with Crippen LogP contribution in [-0.2, 0) is 0 Å². The van der Waals surface area contributed by atoms with E-state index >= 15 is 0 Å². The molecule has 0 saturated carbocycles. The number of thiophene rings is 1. The third kappa shape index (κ3) is 1.83. The van der Waals surface area contributed by atoms with Crippen LogP contribution in [-0.4, -0.2) is 15.1 Å². The van der Waals surface area contributed by atoms with Crippen LogP contribution >= 0.6 is 11.3 Å². The standard InChI is InChI=1S/C14H14N2OS/c1-8-5-6-18-13(8)10-3-4-11-12(7-10)16-14(15-11)9(2)17/h3-7,9,17H,1-2H3,(H,15,16). The highest BCUT2D eigenvalue weighted by Gasteiger charge is 2.09. The van der Waals surface area contributed by atoms with Crippen molar-refractivity contribution in [3.63, 3.8) is 0 Å². The van der Waals surface area contributed by atoms with Crippen molar-refractivity contribution in [3.8, 4) is 10.4 Å². The second-order valence-electron chi connectivity index (χ2n) is 4.46. The first-order valence-electron chi connectivity index (χ1n) is 5.87. The highest BCUT2D eigenvalue weighted by atomic mass is 32.1. The number of H-pyrrole nitrogens is 1. The van der Waals surface area contributed by atoms with E-state index in [1.807, 2.05) is 6.07 Å². The number of aromatic nitrogens is 2. The normalized spacial score (nSPS) is 13.1. The first kappa shape index (κ1) is 11.4. The topological polar surface area (TPSA) is 48.9 Å². The second-order valence-corrected chi connectivity index (χ2v) is 5.38. The highest BCUT2D eigenvalue weighted by molar-refractivity contribution is 7.13. The third-order valence-corrected chi connectivity index (χ3v) is 4.09. The van der Waals surface area contributed by atoms with Crippen LogP contribution in [0.2, 0.25) is 0 Å². The number of aromatic amines is 1. The van der Waals surface area contributed by atoms with Gasteiger partial charge in [0.05, 0.1) is 11.0 Å². The molecule has 0 aliphatic rings. The molecule has 0 radical (unpaired) electrons. The van der Waals surface area contributed by atoms with Crippen molar-refractivity contribution >= 4 is 22.4 Å². The number of aliphatic hydroxyl groups excluding tert-OH is 1. The van der Waals surface area contributed by atoms with Gasteiger partial charge in [-0.2, -0.15) is 0 Å². The number of hydrogen-bond donors (Lipinski definition) is 2. The summed E-state index contributed by atoms with van der Waals surface area (Å²) in [6.07, 6.45) is -0.565. The summed E-state index contributed by atoms with van der Waals surface area (Å²) in [5.41, 5.74) is 4.34. The molecule has 0 saturated heterocycles. The van der Waals surface area contributed by atoms with Crippen molar-refractivity contribution < 1.29 is 5.11 Å². The van der Waals surface area contributed by atoms with Crippen LogP contribution in [0.15, 0.2) is 29.6 Å². The van der Waals surface area contributed by atoms with Gasteiger partial charge in [0, 0.05) is 4.88 Å². The van der Waals surface area contributed by atoms with Gasteiger partial charge in [-0.3, -0.25) is 0 Å². The Morgan fingerprint density at radius 2 is 2.17 bits per heavy atom. The van der Waals surface area contributed by atoms with Crippen LogP contribution in [0.1, 0.15) is 24.4 Å². The Morgan fingerprint density at radius 3 is 2.83 bits per heavy atom. The number of fused-ring (bicyclic) bond motifs is 1. The zero-order valence-electron chi connectivity index (χ0n) is 10.3. The van der Waals surface area contributed by atoms with Crippen molar-refractivity contribution in [2.24, 2.45) is 0 Å². The van der Waals surface area contributed by atoms with Gasteiger partial charge in [0.1, 0.15) is 11.9 Å². The maximum absolute atomic E-state index is 9.53. The van der Waals surface area contributed by atoms with E-state index in [4.69, 9.17) is 0 Å². The molecule has 2 N–H and O–H groups in total. The highest BCUT2D eigenvalue weighted by Crippen LogP contribution is 2.31. The number of benzene rings is 1. The molecule has 0 bridgehead atoms. The van der Waals surface area contributed by atoms with Gasteiger partial charge in [-0.05, 0) is 48.6 Å². The van der Waals surface area contributed by atoms with Crippen molar-refractivity contribution in [3.05, 3.63) is 41.0 Å². The first-order valence-corrected chi connectivity index (χ1v) is 6.75. The summed E-state index contributed by atoms with van der Waals surface area (Å²) < 4.78 is 0. The van der Waals surface area contributed by atoms with E-state index < -0.39 is 6.10 Å². The molecular weight excluding hydrogens is 244 g/mol. The maximum atomic E-state index is 9.53. The second kappa shape index (κ2) is 4.23. The van der Waals surface area contributed by atoms with Gasteiger partial charge in [0.25, 0.3) is 0 Å². The average Bonchev–Trinajstić information content (AvgIpc) is 2.93. The average molecular weight is 258 g/mol. The van der Waals surface area contributed by atoms with Crippen LogP contribution in [0.4, 0.5) is 0 Å². The minimum absolute atomic E-state index is 0.565. The molecule has 92 valence electrons. The summed E-state index contributed by atoms with van der Waals surface area (Å²) in [5, 5.41) is 11.6.